The Morgan fingerprint density at radius 1 is 1.08 bits per heavy atom. The highest BCUT2D eigenvalue weighted by Gasteiger charge is 2.30. The number of aliphatic hydroxyl groups excluding tert-OH is 1. The van der Waals surface area contributed by atoms with Gasteiger partial charge in [0.15, 0.2) is 0 Å². The van der Waals surface area contributed by atoms with Crippen LogP contribution in [0.5, 0.6) is 11.5 Å². The number of nitrogens with zero attached hydrogens (tertiary/aromatic N) is 2. The van der Waals surface area contributed by atoms with E-state index in [1.807, 2.05) is 30.3 Å². The lowest BCUT2D eigenvalue weighted by molar-refractivity contribution is 0.169. The zero-order valence-electron chi connectivity index (χ0n) is 15.2. The highest BCUT2D eigenvalue weighted by atomic mass is 16.5. The maximum Gasteiger partial charge on any atom is 0.129 e. The minimum atomic E-state index is -0.669. The Kier molecular flexibility index (Phi) is 4.17. The largest absolute Gasteiger partial charge is 0.496 e. The van der Waals surface area contributed by atoms with Crippen LogP contribution in [-0.2, 0) is 6.54 Å². The summed E-state index contributed by atoms with van der Waals surface area (Å²) in [4.78, 5) is 6.90. The lowest BCUT2D eigenvalue weighted by Crippen LogP contribution is -2.34. The SMILES string of the molecule is COc1ccc(OC)c2c1CN(c1cc(C)c3ccccc3n1)C[C@H]2O. The van der Waals surface area contributed by atoms with Crippen molar-refractivity contribution in [3.63, 3.8) is 0 Å². The molecule has 0 fully saturated rings. The first-order valence-corrected chi connectivity index (χ1v) is 8.65. The second-order valence-corrected chi connectivity index (χ2v) is 6.57. The molecule has 1 atom stereocenters. The van der Waals surface area contributed by atoms with Gasteiger partial charge >= 0.3 is 0 Å². The molecular weight excluding hydrogens is 328 g/mol. The minimum Gasteiger partial charge on any atom is -0.496 e. The third-order valence-corrected chi connectivity index (χ3v) is 5.02. The van der Waals surface area contributed by atoms with Gasteiger partial charge < -0.3 is 19.5 Å². The molecule has 0 aliphatic carbocycles. The summed E-state index contributed by atoms with van der Waals surface area (Å²) in [5, 5.41) is 11.9. The van der Waals surface area contributed by atoms with Crippen molar-refractivity contribution in [3.8, 4) is 11.5 Å². The fraction of sp³-hybridized carbons (Fsp3) is 0.286. The Labute approximate surface area is 152 Å². The molecule has 5 heteroatoms. The number of ether oxygens (including phenoxy) is 2. The number of aryl methyl sites for hydroxylation is 1. The molecule has 0 amide bonds. The van der Waals surface area contributed by atoms with Crippen molar-refractivity contribution in [2.24, 2.45) is 0 Å². The molecule has 0 spiro atoms. The molecule has 1 N–H and O–H groups in total. The standard InChI is InChI=1S/C21H22N2O3/c1-13-10-20(22-16-7-5-4-6-14(13)16)23-11-15-18(25-2)8-9-19(26-3)21(15)17(24)12-23/h4-10,17,24H,11-12H2,1-3H3/t17-/m1/s1. The zero-order chi connectivity index (χ0) is 18.3. The van der Waals surface area contributed by atoms with Gasteiger partial charge in [0.25, 0.3) is 0 Å². The molecule has 2 heterocycles. The number of rotatable bonds is 3. The fourth-order valence-corrected chi connectivity index (χ4v) is 3.74. The predicted octanol–water partition coefficient (Wildman–Crippen LogP) is 3.61. The molecule has 0 saturated carbocycles. The van der Waals surface area contributed by atoms with E-state index in [1.54, 1.807) is 14.2 Å². The predicted molar refractivity (Wildman–Crippen MR) is 102 cm³/mol. The molecule has 1 aromatic heterocycles. The van der Waals surface area contributed by atoms with Gasteiger partial charge in [-0.2, -0.15) is 0 Å². The van der Waals surface area contributed by atoms with E-state index in [0.717, 1.165) is 33.6 Å². The van der Waals surface area contributed by atoms with Crippen molar-refractivity contribution in [1.29, 1.82) is 0 Å². The van der Waals surface area contributed by atoms with Gasteiger partial charge in [0, 0.05) is 23.1 Å². The summed E-state index contributed by atoms with van der Waals surface area (Å²) in [7, 11) is 3.27. The molecule has 3 aromatic rings. The molecule has 1 aliphatic rings. The number of hydrogen-bond acceptors (Lipinski definition) is 5. The van der Waals surface area contributed by atoms with Gasteiger partial charge in [0.05, 0.1) is 26.3 Å². The lowest BCUT2D eigenvalue weighted by Gasteiger charge is -2.35. The van der Waals surface area contributed by atoms with Crippen LogP contribution in [-0.4, -0.2) is 30.9 Å². The minimum absolute atomic E-state index is 0.460. The monoisotopic (exact) mass is 350 g/mol. The van der Waals surface area contributed by atoms with Crippen molar-refractivity contribution in [3.05, 3.63) is 59.2 Å². The average Bonchev–Trinajstić information content (AvgIpc) is 2.67. The van der Waals surface area contributed by atoms with Crippen molar-refractivity contribution in [1.82, 2.24) is 4.98 Å². The number of pyridine rings is 1. The van der Waals surface area contributed by atoms with Crippen LogP contribution in [0.3, 0.4) is 0 Å². The Morgan fingerprint density at radius 3 is 2.58 bits per heavy atom. The van der Waals surface area contributed by atoms with Crippen molar-refractivity contribution in [2.75, 3.05) is 25.7 Å². The van der Waals surface area contributed by atoms with Crippen LogP contribution in [0.25, 0.3) is 10.9 Å². The molecule has 0 radical (unpaired) electrons. The quantitative estimate of drug-likeness (QED) is 0.782. The highest BCUT2D eigenvalue weighted by Crippen LogP contribution is 2.40. The van der Waals surface area contributed by atoms with Gasteiger partial charge in [0.2, 0.25) is 0 Å². The maximum atomic E-state index is 10.8. The van der Waals surface area contributed by atoms with Crippen LogP contribution in [0, 0.1) is 6.92 Å². The van der Waals surface area contributed by atoms with Gasteiger partial charge in [-0.1, -0.05) is 18.2 Å². The number of aliphatic hydroxyl groups is 1. The van der Waals surface area contributed by atoms with E-state index in [-0.39, 0.29) is 0 Å². The van der Waals surface area contributed by atoms with E-state index in [9.17, 15) is 5.11 Å². The van der Waals surface area contributed by atoms with Gasteiger partial charge in [0.1, 0.15) is 23.4 Å². The van der Waals surface area contributed by atoms with Crippen molar-refractivity contribution in [2.45, 2.75) is 19.6 Å². The second kappa shape index (κ2) is 6.50. The summed E-state index contributed by atoms with van der Waals surface area (Å²) in [5.74, 6) is 2.30. The van der Waals surface area contributed by atoms with Gasteiger partial charge in [-0.25, -0.2) is 4.98 Å². The number of fused-ring (bicyclic) bond motifs is 2. The van der Waals surface area contributed by atoms with Crippen LogP contribution >= 0.6 is 0 Å². The summed E-state index contributed by atoms with van der Waals surface area (Å²) in [6.45, 7) is 3.16. The molecule has 1 aliphatic heterocycles. The summed E-state index contributed by atoms with van der Waals surface area (Å²) in [6, 6.07) is 13.9. The number of β-amino-alcohol motifs (C(OH)–C–C–N with tert-alkyl or cyclic N) is 1. The number of aromatic nitrogens is 1. The zero-order valence-corrected chi connectivity index (χ0v) is 15.2. The molecule has 0 bridgehead atoms. The summed E-state index contributed by atoms with van der Waals surface area (Å²) >= 11 is 0. The first kappa shape index (κ1) is 16.7. The average molecular weight is 350 g/mol. The van der Waals surface area contributed by atoms with Gasteiger partial charge in [-0.15, -0.1) is 0 Å². The number of methoxy groups -OCH3 is 2. The molecule has 2 aromatic carbocycles. The third kappa shape index (κ3) is 2.65. The molecular formula is C21H22N2O3. The molecule has 0 saturated heterocycles. The van der Waals surface area contributed by atoms with Crippen LogP contribution in [0.15, 0.2) is 42.5 Å². The first-order chi connectivity index (χ1) is 12.6. The lowest BCUT2D eigenvalue weighted by atomic mass is 9.95. The van der Waals surface area contributed by atoms with Crippen molar-refractivity contribution >= 4 is 16.7 Å². The third-order valence-electron chi connectivity index (χ3n) is 5.02. The maximum absolute atomic E-state index is 10.8. The van der Waals surface area contributed by atoms with E-state index in [1.165, 1.54) is 5.56 Å². The second-order valence-electron chi connectivity index (χ2n) is 6.57. The Bertz CT molecular complexity index is 971. The topological polar surface area (TPSA) is 54.8 Å². The number of benzene rings is 2. The fourth-order valence-electron chi connectivity index (χ4n) is 3.74. The summed E-state index contributed by atoms with van der Waals surface area (Å²) in [5.41, 5.74) is 3.88. The summed E-state index contributed by atoms with van der Waals surface area (Å²) in [6.07, 6.45) is -0.669. The van der Waals surface area contributed by atoms with E-state index < -0.39 is 6.10 Å². The van der Waals surface area contributed by atoms with E-state index in [0.29, 0.717) is 18.8 Å². The molecule has 0 unspecified atom stereocenters. The molecule has 26 heavy (non-hydrogen) atoms. The van der Waals surface area contributed by atoms with E-state index >= 15 is 0 Å². The van der Waals surface area contributed by atoms with Gasteiger partial charge in [-0.3, -0.25) is 0 Å². The number of para-hydroxylation sites is 1. The Hall–Kier alpha value is -2.79. The van der Waals surface area contributed by atoms with Crippen LogP contribution in [0.2, 0.25) is 0 Å². The Morgan fingerprint density at radius 2 is 1.81 bits per heavy atom. The number of hydrogen-bond donors (Lipinski definition) is 1. The smallest absolute Gasteiger partial charge is 0.129 e. The Balaban J connectivity index is 1.80. The molecule has 5 nitrogen and oxygen atoms in total. The van der Waals surface area contributed by atoms with E-state index in [2.05, 4.69) is 24.0 Å². The van der Waals surface area contributed by atoms with Crippen LogP contribution < -0.4 is 14.4 Å². The molecule has 134 valence electrons. The van der Waals surface area contributed by atoms with Crippen LogP contribution in [0.4, 0.5) is 5.82 Å². The highest BCUT2D eigenvalue weighted by molar-refractivity contribution is 5.84. The number of anilines is 1. The first-order valence-electron chi connectivity index (χ1n) is 8.65. The normalized spacial score (nSPS) is 16.5. The molecule has 4 rings (SSSR count). The van der Waals surface area contributed by atoms with Gasteiger partial charge in [-0.05, 0) is 36.8 Å². The van der Waals surface area contributed by atoms with E-state index in [4.69, 9.17) is 14.5 Å². The summed E-state index contributed by atoms with van der Waals surface area (Å²) < 4.78 is 11.0. The van der Waals surface area contributed by atoms with Crippen molar-refractivity contribution < 1.29 is 14.6 Å². The van der Waals surface area contributed by atoms with Crippen LogP contribution in [0.1, 0.15) is 22.8 Å².